The first kappa shape index (κ1) is 17.6. The SMILES string of the molecule is CCCS(=O)(=O)NC[C@H](C)c1ccc(-c2ccccc2F)cc1. The van der Waals surface area contributed by atoms with Crippen molar-refractivity contribution in [2.45, 2.75) is 26.2 Å². The van der Waals surface area contributed by atoms with E-state index in [0.717, 1.165) is 11.1 Å². The maximum absolute atomic E-state index is 13.8. The van der Waals surface area contributed by atoms with Gasteiger partial charge in [0, 0.05) is 12.1 Å². The van der Waals surface area contributed by atoms with E-state index in [4.69, 9.17) is 0 Å². The molecule has 2 rings (SSSR count). The van der Waals surface area contributed by atoms with E-state index in [-0.39, 0.29) is 17.5 Å². The van der Waals surface area contributed by atoms with Crippen LogP contribution in [0.4, 0.5) is 4.39 Å². The summed E-state index contributed by atoms with van der Waals surface area (Å²) in [5, 5.41) is 0. The highest BCUT2D eigenvalue weighted by Gasteiger charge is 2.12. The van der Waals surface area contributed by atoms with Crippen LogP contribution in [-0.2, 0) is 10.0 Å². The molecular formula is C18H22FNO2S. The largest absolute Gasteiger partial charge is 0.215 e. The van der Waals surface area contributed by atoms with Crippen molar-refractivity contribution in [3.63, 3.8) is 0 Å². The van der Waals surface area contributed by atoms with Gasteiger partial charge in [-0.25, -0.2) is 17.5 Å². The van der Waals surface area contributed by atoms with Gasteiger partial charge in [0.15, 0.2) is 0 Å². The molecule has 5 heteroatoms. The normalized spacial score (nSPS) is 13.0. The molecule has 0 aliphatic rings. The molecule has 0 heterocycles. The smallest absolute Gasteiger partial charge is 0.211 e. The van der Waals surface area contributed by atoms with Crippen molar-refractivity contribution < 1.29 is 12.8 Å². The molecule has 0 unspecified atom stereocenters. The van der Waals surface area contributed by atoms with Crippen LogP contribution in [0.5, 0.6) is 0 Å². The zero-order valence-corrected chi connectivity index (χ0v) is 14.2. The number of sulfonamides is 1. The fourth-order valence-corrected chi connectivity index (χ4v) is 3.58. The molecule has 0 aromatic heterocycles. The quantitative estimate of drug-likeness (QED) is 0.833. The van der Waals surface area contributed by atoms with Crippen LogP contribution in [0.1, 0.15) is 31.7 Å². The van der Waals surface area contributed by atoms with Crippen molar-refractivity contribution in [3.8, 4) is 11.1 Å². The second-order valence-corrected chi connectivity index (χ2v) is 7.60. The van der Waals surface area contributed by atoms with Gasteiger partial charge in [-0.15, -0.1) is 0 Å². The molecule has 0 bridgehead atoms. The molecule has 23 heavy (non-hydrogen) atoms. The van der Waals surface area contributed by atoms with Crippen molar-refractivity contribution in [3.05, 3.63) is 59.9 Å². The van der Waals surface area contributed by atoms with E-state index in [2.05, 4.69) is 4.72 Å². The summed E-state index contributed by atoms with van der Waals surface area (Å²) in [4.78, 5) is 0. The lowest BCUT2D eigenvalue weighted by Crippen LogP contribution is -2.29. The average molecular weight is 335 g/mol. The van der Waals surface area contributed by atoms with Crippen molar-refractivity contribution in [2.75, 3.05) is 12.3 Å². The first-order valence-corrected chi connectivity index (χ1v) is 9.40. The third-order valence-corrected chi connectivity index (χ3v) is 5.30. The number of halogens is 1. The van der Waals surface area contributed by atoms with Crippen molar-refractivity contribution in [1.29, 1.82) is 0 Å². The molecule has 0 amide bonds. The monoisotopic (exact) mass is 335 g/mol. The Bertz CT molecular complexity index is 742. The van der Waals surface area contributed by atoms with Crippen LogP contribution < -0.4 is 4.72 Å². The predicted octanol–water partition coefficient (Wildman–Crippen LogP) is 3.93. The average Bonchev–Trinajstić information content (AvgIpc) is 2.53. The summed E-state index contributed by atoms with van der Waals surface area (Å²) < 4.78 is 39.8. The van der Waals surface area contributed by atoms with Gasteiger partial charge >= 0.3 is 0 Å². The topological polar surface area (TPSA) is 46.2 Å². The Morgan fingerprint density at radius 1 is 1.09 bits per heavy atom. The number of hydrogen-bond acceptors (Lipinski definition) is 2. The van der Waals surface area contributed by atoms with Crippen molar-refractivity contribution in [1.82, 2.24) is 4.72 Å². The van der Waals surface area contributed by atoms with Crippen LogP contribution in [0.3, 0.4) is 0 Å². The molecule has 0 spiro atoms. The second-order valence-electron chi connectivity index (χ2n) is 5.67. The highest BCUT2D eigenvalue weighted by atomic mass is 32.2. The van der Waals surface area contributed by atoms with E-state index in [1.165, 1.54) is 6.07 Å². The van der Waals surface area contributed by atoms with Crippen molar-refractivity contribution >= 4 is 10.0 Å². The van der Waals surface area contributed by atoms with Crippen LogP contribution in [0, 0.1) is 5.82 Å². The summed E-state index contributed by atoms with van der Waals surface area (Å²) in [6, 6.07) is 14.2. The highest BCUT2D eigenvalue weighted by Crippen LogP contribution is 2.24. The van der Waals surface area contributed by atoms with Crippen LogP contribution in [0.2, 0.25) is 0 Å². The Morgan fingerprint density at radius 2 is 1.74 bits per heavy atom. The molecule has 0 saturated carbocycles. The summed E-state index contributed by atoms with van der Waals surface area (Å²) in [5.74, 6) is -0.0525. The lowest BCUT2D eigenvalue weighted by Gasteiger charge is -2.14. The standard InChI is InChI=1S/C18H22FNO2S/c1-3-12-23(21,22)20-13-14(2)15-8-10-16(11-9-15)17-6-4-5-7-18(17)19/h4-11,14,20H,3,12-13H2,1-2H3/t14-/m0/s1. The third-order valence-electron chi connectivity index (χ3n) is 3.75. The maximum Gasteiger partial charge on any atom is 0.211 e. The van der Waals surface area contributed by atoms with Crippen LogP contribution in [0.25, 0.3) is 11.1 Å². The Labute approximate surface area is 137 Å². The first-order chi connectivity index (χ1) is 10.9. The lowest BCUT2D eigenvalue weighted by molar-refractivity contribution is 0.573. The Morgan fingerprint density at radius 3 is 2.35 bits per heavy atom. The zero-order valence-electron chi connectivity index (χ0n) is 13.4. The van der Waals surface area contributed by atoms with Gasteiger partial charge in [-0.05, 0) is 29.5 Å². The Kier molecular flexibility index (Phi) is 5.91. The van der Waals surface area contributed by atoms with Gasteiger partial charge in [0.2, 0.25) is 10.0 Å². The fourth-order valence-electron chi connectivity index (χ4n) is 2.40. The van der Waals surface area contributed by atoms with Gasteiger partial charge in [-0.1, -0.05) is 56.3 Å². The number of nitrogens with one attached hydrogen (secondary N) is 1. The van der Waals surface area contributed by atoms with Gasteiger partial charge in [-0.2, -0.15) is 0 Å². The van der Waals surface area contributed by atoms with Gasteiger partial charge in [0.1, 0.15) is 5.82 Å². The molecule has 2 aromatic rings. The van der Waals surface area contributed by atoms with Crippen LogP contribution in [-0.4, -0.2) is 20.7 Å². The molecule has 2 aromatic carbocycles. The van der Waals surface area contributed by atoms with E-state index in [1.54, 1.807) is 18.2 Å². The minimum atomic E-state index is -3.19. The van der Waals surface area contributed by atoms with Gasteiger partial charge in [0.25, 0.3) is 0 Å². The number of benzene rings is 2. The van der Waals surface area contributed by atoms with E-state index in [0.29, 0.717) is 18.5 Å². The minimum Gasteiger partial charge on any atom is -0.215 e. The summed E-state index contributed by atoms with van der Waals surface area (Å²) in [6.45, 7) is 4.16. The predicted molar refractivity (Wildman–Crippen MR) is 92.3 cm³/mol. The molecule has 0 aliphatic heterocycles. The van der Waals surface area contributed by atoms with E-state index < -0.39 is 10.0 Å². The zero-order chi connectivity index (χ0) is 16.9. The molecule has 0 radical (unpaired) electrons. The summed E-state index contributed by atoms with van der Waals surface area (Å²) in [7, 11) is -3.19. The summed E-state index contributed by atoms with van der Waals surface area (Å²) in [5.41, 5.74) is 2.39. The molecule has 1 N–H and O–H groups in total. The number of rotatable bonds is 7. The molecular weight excluding hydrogens is 313 g/mol. The Hall–Kier alpha value is -1.72. The molecule has 0 aliphatic carbocycles. The lowest BCUT2D eigenvalue weighted by atomic mass is 9.97. The van der Waals surface area contributed by atoms with Crippen molar-refractivity contribution in [2.24, 2.45) is 0 Å². The minimum absolute atomic E-state index is 0.0521. The molecule has 1 atom stereocenters. The second kappa shape index (κ2) is 7.70. The van der Waals surface area contributed by atoms with Gasteiger partial charge in [-0.3, -0.25) is 0 Å². The highest BCUT2D eigenvalue weighted by molar-refractivity contribution is 7.89. The van der Waals surface area contributed by atoms with E-state index in [9.17, 15) is 12.8 Å². The van der Waals surface area contributed by atoms with Gasteiger partial charge in [0.05, 0.1) is 5.75 Å². The summed E-state index contributed by atoms with van der Waals surface area (Å²) >= 11 is 0. The fraction of sp³-hybridized carbons (Fsp3) is 0.333. The molecule has 0 saturated heterocycles. The first-order valence-electron chi connectivity index (χ1n) is 7.75. The van der Waals surface area contributed by atoms with E-state index >= 15 is 0 Å². The summed E-state index contributed by atoms with van der Waals surface area (Å²) in [6.07, 6.45) is 0.598. The molecule has 124 valence electrons. The van der Waals surface area contributed by atoms with Crippen LogP contribution >= 0.6 is 0 Å². The molecule has 3 nitrogen and oxygen atoms in total. The Balaban J connectivity index is 2.06. The van der Waals surface area contributed by atoms with E-state index in [1.807, 2.05) is 38.1 Å². The number of hydrogen-bond donors (Lipinski definition) is 1. The van der Waals surface area contributed by atoms with Crippen LogP contribution in [0.15, 0.2) is 48.5 Å². The molecule has 0 fully saturated rings. The third kappa shape index (κ3) is 4.88. The van der Waals surface area contributed by atoms with Gasteiger partial charge < -0.3 is 0 Å². The maximum atomic E-state index is 13.8.